The van der Waals surface area contributed by atoms with Crippen molar-refractivity contribution in [3.05, 3.63) is 47.8 Å². The predicted octanol–water partition coefficient (Wildman–Crippen LogP) is 3.97. The molecule has 0 aliphatic carbocycles. The van der Waals surface area contributed by atoms with Crippen LogP contribution in [0.4, 0.5) is 18.9 Å². The summed E-state index contributed by atoms with van der Waals surface area (Å²) in [4.78, 5) is 1.95. The minimum atomic E-state index is -4.28. The molecule has 1 aromatic rings. The Kier molecular flexibility index (Phi) is 2.99. The summed E-state index contributed by atoms with van der Waals surface area (Å²) in [7, 11) is 0. The van der Waals surface area contributed by atoms with E-state index in [0.29, 0.717) is 0 Å². The second-order valence-corrected chi connectivity index (χ2v) is 3.92. The van der Waals surface area contributed by atoms with Gasteiger partial charge in [-0.05, 0) is 37.1 Å². The molecule has 2 rings (SSSR count). The summed E-state index contributed by atoms with van der Waals surface area (Å²) in [6.45, 7) is 4.40. The first kappa shape index (κ1) is 11.8. The average molecular weight is 239 g/mol. The number of hydrogen-bond donors (Lipinski definition) is 0. The van der Waals surface area contributed by atoms with Crippen LogP contribution in [0.1, 0.15) is 18.4 Å². The molecular formula is C13H12F3N. The number of benzene rings is 1. The van der Waals surface area contributed by atoms with Gasteiger partial charge in [0.2, 0.25) is 0 Å². The number of allylic oxidation sites excluding steroid dienone is 1. The van der Waals surface area contributed by atoms with Gasteiger partial charge in [0.05, 0.1) is 11.3 Å². The summed E-state index contributed by atoms with van der Waals surface area (Å²) >= 11 is 0. The van der Waals surface area contributed by atoms with Crippen molar-refractivity contribution in [2.45, 2.75) is 19.0 Å². The average Bonchev–Trinajstić information content (AvgIpc) is 2.76. The van der Waals surface area contributed by atoms with Crippen LogP contribution >= 0.6 is 0 Å². The Morgan fingerprint density at radius 2 is 1.82 bits per heavy atom. The van der Waals surface area contributed by atoms with E-state index in [-0.39, 0.29) is 0 Å². The highest BCUT2D eigenvalue weighted by Crippen LogP contribution is 2.32. The Morgan fingerprint density at radius 1 is 1.18 bits per heavy atom. The van der Waals surface area contributed by atoms with Crippen LogP contribution in [0.15, 0.2) is 42.3 Å². The molecule has 0 atom stereocenters. The summed E-state index contributed by atoms with van der Waals surface area (Å²) in [5.41, 5.74) is 3.92. The summed E-state index contributed by atoms with van der Waals surface area (Å²) in [5, 5.41) is 0. The second-order valence-electron chi connectivity index (χ2n) is 3.92. The second kappa shape index (κ2) is 4.30. The van der Waals surface area contributed by atoms with E-state index in [1.807, 2.05) is 4.90 Å². The lowest BCUT2D eigenvalue weighted by molar-refractivity contribution is -0.137. The van der Waals surface area contributed by atoms with E-state index in [4.69, 9.17) is 0 Å². The van der Waals surface area contributed by atoms with Crippen molar-refractivity contribution in [2.24, 2.45) is 0 Å². The lowest BCUT2D eigenvalue weighted by atomic mass is 10.2. The fourth-order valence-electron chi connectivity index (χ4n) is 1.97. The van der Waals surface area contributed by atoms with Crippen molar-refractivity contribution in [1.82, 2.24) is 0 Å². The molecule has 1 aliphatic rings. The molecule has 0 radical (unpaired) electrons. The molecule has 0 amide bonds. The first-order chi connectivity index (χ1) is 8.02. The van der Waals surface area contributed by atoms with Gasteiger partial charge in [0.1, 0.15) is 0 Å². The maximum atomic E-state index is 12.4. The third kappa shape index (κ3) is 2.37. The molecule has 17 heavy (non-hydrogen) atoms. The van der Waals surface area contributed by atoms with E-state index in [9.17, 15) is 13.2 Å². The number of halogens is 3. The van der Waals surface area contributed by atoms with Gasteiger partial charge < -0.3 is 4.90 Å². The van der Waals surface area contributed by atoms with Gasteiger partial charge in [-0.25, -0.2) is 0 Å². The monoisotopic (exact) mass is 239 g/mol. The molecule has 0 bridgehead atoms. The Balaban J connectivity index is 2.27. The molecule has 1 nitrogen and oxygen atoms in total. The first-order valence-corrected chi connectivity index (χ1v) is 5.36. The van der Waals surface area contributed by atoms with Crippen LogP contribution in [-0.4, -0.2) is 6.54 Å². The molecule has 1 heterocycles. The number of nitrogens with zero attached hydrogens (tertiary/aromatic N) is 1. The highest BCUT2D eigenvalue weighted by molar-refractivity contribution is 5.54. The quantitative estimate of drug-likeness (QED) is 0.670. The molecule has 1 fully saturated rings. The minimum Gasteiger partial charge on any atom is -0.338 e. The molecule has 0 spiro atoms. The third-order valence-corrected chi connectivity index (χ3v) is 2.83. The SMILES string of the molecule is C=C=C1CCCN1c1ccc(C(F)(F)F)cc1. The smallest absolute Gasteiger partial charge is 0.338 e. The van der Waals surface area contributed by atoms with Gasteiger partial charge in [-0.1, -0.05) is 6.58 Å². The van der Waals surface area contributed by atoms with Crippen LogP contribution < -0.4 is 4.90 Å². The molecule has 0 N–H and O–H groups in total. The first-order valence-electron chi connectivity index (χ1n) is 5.36. The number of rotatable bonds is 1. The van der Waals surface area contributed by atoms with Crippen LogP contribution in [0.25, 0.3) is 0 Å². The molecule has 0 aromatic heterocycles. The summed E-state index contributed by atoms with van der Waals surface area (Å²) in [6, 6.07) is 5.19. The van der Waals surface area contributed by atoms with Gasteiger partial charge >= 0.3 is 6.18 Å². The molecule has 1 saturated heterocycles. The molecule has 4 heteroatoms. The lowest BCUT2D eigenvalue weighted by Gasteiger charge is -2.19. The van der Waals surface area contributed by atoms with Gasteiger partial charge in [0.25, 0.3) is 0 Å². The summed E-state index contributed by atoms with van der Waals surface area (Å²) in [5.74, 6) is 0. The fraction of sp³-hybridized carbons (Fsp3) is 0.308. The third-order valence-electron chi connectivity index (χ3n) is 2.83. The van der Waals surface area contributed by atoms with Crippen LogP contribution in [0.5, 0.6) is 0 Å². The zero-order chi connectivity index (χ0) is 12.5. The Labute approximate surface area is 97.9 Å². The highest BCUT2D eigenvalue weighted by Gasteiger charge is 2.30. The van der Waals surface area contributed by atoms with Gasteiger partial charge in [-0.15, -0.1) is 5.73 Å². The number of hydrogen-bond acceptors (Lipinski definition) is 1. The predicted molar refractivity (Wildman–Crippen MR) is 60.7 cm³/mol. The van der Waals surface area contributed by atoms with Crippen molar-refractivity contribution in [3.8, 4) is 0 Å². The molecule has 90 valence electrons. The molecule has 0 unspecified atom stereocenters. The van der Waals surface area contributed by atoms with Gasteiger partial charge in [0, 0.05) is 12.2 Å². The van der Waals surface area contributed by atoms with Crippen molar-refractivity contribution < 1.29 is 13.2 Å². The Hall–Kier alpha value is -1.67. The van der Waals surface area contributed by atoms with Crippen molar-refractivity contribution in [1.29, 1.82) is 0 Å². The standard InChI is InChI=1S/C13H12F3N/c1-2-11-4-3-9-17(11)12-7-5-10(6-8-12)13(14,15)16/h5-8H,1,3-4,9H2. The van der Waals surface area contributed by atoms with E-state index in [2.05, 4.69) is 12.3 Å². The molecular weight excluding hydrogens is 227 g/mol. The van der Waals surface area contributed by atoms with Crippen LogP contribution in [0.2, 0.25) is 0 Å². The normalized spacial score (nSPS) is 16.2. The highest BCUT2D eigenvalue weighted by atomic mass is 19.4. The minimum absolute atomic E-state index is 0.621. The maximum Gasteiger partial charge on any atom is 0.416 e. The van der Waals surface area contributed by atoms with Crippen LogP contribution in [0.3, 0.4) is 0 Å². The van der Waals surface area contributed by atoms with E-state index >= 15 is 0 Å². The Bertz CT molecular complexity index is 453. The van der Waals surface area contributed by atoms with Gasteiger partial charge in [-0.2, -0.15) is 13.2 Å². The van der Waals surface area contributed by atoms with E-state index in [1.54, 1.807) is 0 Å². The maximum absolute atomic E-state index is 12.4. The van der Waals surface area contributed by atoms with Crippen molar-refractivity contribution >= 4 is 5.69 Å². The molecule has 1 aliphatic heterocycles. The van der Waals surface area contributed by atoms with E-state index in [0.717, 1.165) is 42.9 Å². The van der Waals surface area contributed by atoms with Crippen molar-refractivity contribution in [3.63, 3.8) is 0 Å². The van der Waals surface area contributed by atoms with Crippen LogP contribution in [0, 0.1) is 0 Å². The lowest BCUT2D eigenvalue weighted by Crippen LogP contribution is -2.16. The fourth-order valence-corrected chi connectivity index (χ4v) is 1.97. The van der Waals surface area contributed by atoms with Gasteiger partial charge in [-0.3, -0.25) is 0 Å². The van der Waals surface area contributed by atoms with E-state index in [1.165, 1.54) is 12.1 Å². The summed E-state index contributed by atoms with van der Waals surface area (Å²) in [6.07, 6.45) is -2.41. The number of anilines is 1. The Morgan fingerprint density at radius 3 is 2.35 bits per heavy atom. The van der Waals surface area contributed by atoms with Gasteiger partial charge in [0.15, 0.2) is 0 Å². The zero-order valence-corrected chi connectivity index (χ0v) is 9.22. The van der Waals surface area contributed by atoms with E-state index < -0.39 is 11.7 Å². The molecule has 0 saturated carbocycles. The summed E-state index contributed by atoms with van der Waals surface area (Å²) < 4.78 is 37.2. The number of alkyl halides is 3. The largest absolute Gasteiger partial charge is 0.416 e. The molecule has 1 aromatic carbocycles. The van der Waals surface area contributed by atoms with Crippen LogP contribution in [-0.2, 0) is 6.18 Å². The zero-order valence-electron chi connectivity index (χ0n) is 9.22. The van der Waals surface area contributed by atoms with Crippen molar-refractivity contribution in [2.75, 3.05) is 11.4 Å². The topological polar surface area (TPSA) is 3.24 Å².